The molecular weight excluding hydrogens is 738 g/mol. The van der Waals surface area contributed by atoms with Crippen molar-refractivity contribution >= 4 is 29.5 Å². The lowest BCUT2D eigenvalue weighted by Gasteiger charge is -2.42. The Balaban J connectivity index is 1.68. The molecule has 2 aliphatic heterocycles. The van der Waals surface area contributed by atoms with E-state index in [0.717, 1.165) is 0 Å². The first-order valence-electron chi connectivity index (χ1n) is 18.2. The van der Waals surface area contributed by atoms with E-state index in [1.54, 1.807) is 6.92 Å². The molecule has 0 radical (unpaired) electrons. The molecule has 2 saturated heterocycles. The van der Waals surface area contributed by atoms with Gasteiger partial charge in [-0.25, -0.2) is 0 Å². The first kappa shape index (κ1) is 48.0. The third-order valence-corrected chi connectivity index (χ3v) is 8.59. The van der Waals surface area contributed by atoms with Crippen LogP contribution in [0.1, 0.15) is 40.0 Å². The van der Waals surface area contributed by atoms with E-state index in [9.17, 15) is 54.6 Å². The first-order valence-corrected chi connectivity index (χ1v) is 18.2. The molecule has 11 atom stereocenters. The van der Waals surface area contributed by atoms with Crippen molar-refractivity contribution in [2.24, 2.45) is 5.92 Å². The maximum absolute atomic E-state index is 12.8. The highest BCUT2D eigenvalue weighted by atomic mass is 16.7. The third-order valence-electron chi connectivity index (χ3n) is 8.59. The molecule has 0 saturated carbocycles. The maximum atomic E-state index is 12.8. The van der Waals surface area contributed by atoms with Gasteiger partial charge >= 0.3 is 0 Å². The zero-order chi connectivity index (χ0) is 40.9. The van der Waals surface area contributed by atoms with Crippen LogP contribution in [0.25, 0.3) is 0 Å². The van der Waals surface area contributed by atoms with Gasteiger partial charge in [0.05, 0.1) is 65.6 Å². The molecule has 0 aromatic carbocycles. The minimum Gasteiger partial charge on any atom is -0.396 e. The topological polar surface area (TPSA) is 322 Å². The summed E-state index contributed by atoms with van der Waals surface area (Å²) in [5.74, 6) is -3.06. The Bertz CT molecular complexity index is 1190. The van der Waals surface area contributed by atoms with Crippen molar-refractivity contribution in [2.45, 2.75) is 101 Å². The highest BCUT2D eigenvalue weighted by Crippen LogP contribution is 2.23. The van der Waals surface area contributed by atoms with Crippen LogP contribution in [0.2, 0.25) is 0 Å². The molecule has 2 heterocycles. The number of nitrogens with one attached hydrogen (secondary N) is 5. The molecule has 2 rings (SSSR count). The zero-order valence-electron chi connectivity index (χ0n) is 31.4. The van der Waals surface area contributed by atoms with Gasteiger partial charge in [0.1, 0.15) is 42.5 Å². The van der Waals surface area contributed by atoms with Crippen molar-refractivity contribution in [3.8, 4) is 0 Å². The van der Waals surface area contributed by atoms with Gasteiger partial charge in [-0.2, -0.15) is 0 Å². The number of ether oxygens (including phenoxy) is 6. The van der Waals surface area contributed by atoms with E-state index >= 15 is 0 Å². The zero-order valence-corrected chi connectivity index (χ0v) is 31.4. The fourth-order valence-corrected chi connectivity index (χ4v) is 5.60. The fourth-order valence-electron chi connectivity index (χ4n) is 5.60. The van der Waals surface area contributed by atoms with Gasteiger partial charge in [0.15, 0.2) is 12.6 Å². The molecule has 0 aromatic heterocycles. The predicted molar refractivity (Wildman–Crippen MR) is 186 cm³/mol. The Kier molecular flexibility index (Phi) is 22.6. The quantitative estimate of drug-likeness (QED) is 0.0405. The van der Waals surface area contributed by atoms with Gasteiger partial charge in [-0.3, -0.25) is 24.0 Å². The molecular formula is C33H59N5O17. The van der Waals surface area contributed by atoms with Crippen LogP contribution < -0.4 is 26.6 Å². The van der Waals surface area contributed by atoms with Crippen molar-refractivity contribution in [3.05, 3.63) is 0 Å². The molecule has 11 N–H and O–H groups in total. The minimum absolute atomic E-state index is 0.00752. The summed E-state index contributed by atoms with van der Waals surface area (Å²) < 4.78 is 33.1. The predicted octanol–water partition coefficient (Wildman–Crippen LogP) is -5.90. The van der Waals surface area contributed by atoms with Crippen LogP contribution >= 0.6 is 0 Å². The SMILES string of the molecule is CCC(=O)NC(CCC(=O)NCCOCCOC1OC(CO)C(O)C(O)C1NC(C)=O)C(=O)NCCOCCOC1OCC(CO)C(O)C(O)C1NC(C)=O. The summed E-state index contributed by atoms with van der Waals surface area (Å²) in [4.78, 5) is 60.5. The second-order valence-electron chi connectivity index (χ2n) is 12.9. The smallest absolute Gasteiger partial charge is 0.242 e. The summed E-state index contributed by atoms with van der Waals surface area (Å²) >= 11 is 0. The molecule has 0 spiro atoms. The van der Waals surface area contributed by atoms with Gasteiger partial charge < -0.3 is 85.6 Å². The number of carbonyl (C=O) groups excluding carboxylic acids is 5. The lowest BCUT2D eigenvalue weighted by atomic mass is 9.96. The van der Waals surface area contributed by atoms with Crippen LogP contribution in [0.5, 0.6) is 0 Å². The van der Waals surface area contributed by atoms with Crippen LogP contribution in [0.15, 0.2) is 0 Å². The van der Waals surface area contributed by atoms with Gasteiger partial charge in [-0.05, 0) is 6.42 Å². The average Bonchev–Trinajstić information content (AvgIpc) is 3.25. The molecule has 0 aliphatic carbocycles. The lowest BCUT2D eigenvalue weighted by Crippen LogP contribution is -2.64. The minimum atomic E-state index is -1.46. The molecule has 22 nitrogen and oxygen atoms in total. The molecule has 2 fully saturated rings. The Hall–Kier alpha value is -3.13. The van der Waals surface area contributed by atoms with Crippen molar-refractivity contribution in [3.63, 3.8) is 0 Å². The number of carbonyl (C=O) groups is 5. The maximum Gasteiger partial charge on any atom is 0.242 e. The van der Waals surface area contributed by atoms with E-state index in [0.29, 0.717) is 0 Å². The highest BCUT2D eigenvalue weighted by Gasteiger charge is 2.45. The number of hydrogen-bond donors (Lipinski definition) is 11. The Morgan fingerprint density at radius 2 is 1.27 bits per heavy atom. The van der Waals surface area contributed by atoms with E-state index in [-0.39, 0.29) is 84.5 Å². The van der Waals surface area contributed by atoms with Gasteiger partial charge in [0.2, 0.25) is 29.5 Å². The second kappa shape index (κ2) is 25.9. The van der Waals surface area contributed by atoms with Gasteiger partial charge in [0, 0.05) is 45.7 Å². The van der Waals surface area contributed by atoms with Gasteiger partial charge in [-0.15, -0.1) is 0 Å². The van der Waals surface area contributed by atoms with E-state index in [1.165, 1.54) is 13.8 Å². The molecule has 55 heavy (non-hydrogen) atoms. The molecule has 318 valence electrons. The molecule has 0 bridgehead atoms. The summed E-state index contributed by atoms with van der Waals surface area (Å²) in [6.45, 7) is 3.25. The second-order valence-corrected chi connectivity index (χ2v) is 12.9. The average molecular weight is 798 g/mol. The number of aliphatic hydroxyl groups is 6. The summed E-state index contributed by atoms with van der Waals surface area (Å²) in [6.07, 6.45) is -9.08. The van der Waals surface area contributed by atoms with E-state index < -0.39 is 104 Å². The van der Waals surface area contributed by atoms with Crippen molar-refractivity contribution in [1.29, 1.82) is 0 Å². The molecule has 2 aliphatic rings. The van der Waals surface area contributed by atoms with Crippen LogP contribution in [-0.2, 0) is 52.4 Å². The largest absolute Gasteiger partial charge is 0.396 e. The molecule has 0 aromatic rings. The summed E-state index contributed by atoms with van der Waals surface area (Å²) in [6, 6.07) is -3.19. The summed E-state index contributed by atoms with van der Waals surface area (Å²) in [5.41, 5.74) is 0. The lowest BCUT2D eigenvalue weighted by molar-refractivity contribution is -0.272. The van der Waals surface area contributed by atoms with Gasteiger partial charge in [-0.1, -0.05) is 6.92 Å². The normalized spacial score (nSPS) is 28.7. The van der Waals surface area contributed by atoms with Gasteiger partial charge in [0.25, 0.3) is 0 Å². The molecule has 22 heteroatoms. The number of hydrogen-bond acceptors (Lipinski definition) is 17. The van der Waals surface area contributed by atoms with Crippen LogP contribution in [-0.4, -0.2) is 194 Å². The third kappa shape index (κ3) is 16.9. The number of aliphatic hydroxyl groups excluding tert-OH is 6. The van der Waals surface area contributed by atoms with Crippen LogP contribution in [0.4, 0.5) is 0 Å². The van der Waals surface area contributed by atoms with E-state index in [2.05, 4.69) is 26.6 Å². The summed E-state index contributed by atoms with van der Waals surface area (Å²) in [7, 11) is 0. The van der Waals surface area contributed by atoms with E-state index in [1.807, 2.05) is 0 Å². The van der Waals surface area contributed by atoms with Crippen molar-refractivity contribution < 1.29 is 83.0 Å². The van der Waals surface area contributed by atoms with Crippen LogP contribution in [0.3, 0.4) is 0 Å². The molecule has 5 amide bonds. The number of rotatable bonds is 24. The molecule has 11 unspecified atom stereocenters. The first-order chi connectivity index (χ1) is 26.2. The Labute approximate surface area is 318 Å². The standard InChI is InChI=1S/C33H59N5O17/c1-4-23(43)38-21(31(49)35-8-10-51-11-13-52-32-25(36-18(2)41)29(47)27(45)20(15-39)17-54-32)5-6-24(44)34-7-9-50-12-14-53-33-26(37-19(3)42)30(48)28(46)22(16-40)55-33/h20-22,25-30,32-33,39-40,45-48H,4-17H2,1-3H3,(H,34,44)(H,35,49)(H,36,41)(H,37,42)(H,38,43). The highest BCUT2D eigenvalue weighted by molar-refractivity contribution is 5.88. The Morgan fingerprint density at radius 3 is 1.84 bits per heavy atom. The Morgan fingerprint density at radius 1 is 0.709 bits per heavy atom. The van der Waals surface area contributed by atoms with Crippen molar-refractivity contribution in [1.82, 2.24) is 26.6 Å². The monoisotopic (exact) mass is 797 g/mol. The number of amides is 5. The van der Waals surface area contributed by atoms with Crippen molar-refractivity contribution in [2.75, 3.05) is 72.6 Å². The summed E-state index contributed by atoms with van der Waals surface area (Å²) in [5, 5.41) is 72.9. The van der Waals surface area contributed by atoms with Crippen LogP contribution in [0, 0.1) is 5.92 Å². The fraction of sp³-hybridized carbons (Fsp3) is 0.848. The van der Waals surface area contributed by atoms with E-state index in [4.69, 9.17) is 28.4 Å².